The Morgan fingerprint density at radius 3 is 2.65 bits per heavy atom. The van der Waals surface area contributed by atoms with E-state index in [0.29, 0.717) is 52.3 Å². The van der Waals surface area contributed by atoms with E-state index in [-0.39, 0.29) is 23.7 Å². The summed E-state index contributed by atoms with van der Waals surface area (Å²) < 4.78 is 6.31. The molecule has 2 atom stereocenters. The van der Waals surface area contributed by atoms with E-state index in [1.165, 1.54) is 0 Å². The number of nitrogens with zero attached hydrogens (tertiary/aromatic N) is 3. The minimum absolute atomic E-state index is 0.0805. The van der Waals surface area contributed by atoms with Crippen LogP contribution in [0.2, 0.25) is 0 Å². The molecule has 2 aliphatic rings. The zero-order chi connectivity index (χ0) is 29.4. The Hall–Kier alpha value is -4.23. The number of nitrogens with one attached hydrogen (secondary N) is 1. The highest BCUT2D eigenvalue weighted by molar-refractivity contribution is 5.80. The van der Waals surface area contributed by atoms with Gasteiger partial charge in [-0.15, -0.1) is 0 Å². The fourth-order valence-electron chi connectivity index (χ4n) is 6.47. The van der Waals surface area contributed by atoms with Crippen molar-refractivity contribution in [3.63, 3.8) is 0 Å². The lowest BCUT2D eigenvalue weighted by molar-refractivity contribution is -0.135. The second kappa shape index (κ2) is 13.8. The van der Waals surface area contributed by atoms with Crippen molar-refractivity contribution in [3.05, 3.63) is 108 Å². The number of aromatic nitrogens is 1. The summed E-state index contributed by atoms with van der Waals surface area (Å²) in [7, 11) is 0. The van der Waals surface area contributed by atoms with E-state index in [1.807, 2.05) is 77.8 Å². The van der Waals surface area contributed by atoms with Crippen molar-refractivity contribution in [1.82, 2.24) is 20.1 Å². The Morgan fingerprint density at radius 2 is 1.74 bits per heavy atom. The molecule has 2 bridgehead atoms. The van der Waals surface area contributed by atoms with Gasteiger partial charge >= 0.3 is 0 Å². The first-order valence-corrected chi connectivity index (χ1v) is 15.5. The smallest absolute Gasteiger partial charge is 0.236 e. The number of pyridine rings is 1. The van der Waals surface area contributed by atoms with E-state index in [0.717, 1.165) is 52.6 Å². The topological polar surface area (TPSA) is 74.8 Å². The van der Waals surface area contributed by atoms with Crippen LogP contribution in [0.3, 0.4) is 0 Å². The van der Waals surface area contributed by atoms with E-state index in [2.05, 4.69) is 33.4 Å². The molecule has 0 saturated carbocycles. The Bertz CT molecular complexity index is 1540. The first kappa shape index (κ1) is 28.9. The van der Waals surface area contributed by atoms with Crippen LogP contribution in [0, 0.1) is 11.8 Å². The molecule has 1 aromatic heterocycles. The van der Waals surface area contributed by atoms with Crippen LogP contribution >= 0.6 is 0 Å². The molecule has 7 nitrogen and oxygen atoms in total. The number of ether oxygens (including phenoxy) is 1. The minimum atomic E-state index is 0.0805. The largest absolute Gasteiger partial charge is 0.493 e. The molecule has 222 valence electrons. The molecule has 43 heavy (non-hydrogen) atoms. The average molecular weight is 577 g/mol. The second-order valence-electron chi connectivity index (χ2n) is 11.9. The summed E-state index contributed by atoms with van der Waals surface area (Å²) in [4.78, 5) is 35.6. The normalized spacial score (nSPS) is 19.8. The Labute approximate surface area is 253 Å². The first-order chi connectivity index (χ1) is 21.1. The molecule has 0 unspecified atom stereocenters. The number of piperidine rings is 1. The summed E-state index contributed by atoms with van der Waals surface area (Å²) in [6, 6.07) is 28.4. The molecule has 1 saturated heterocycles. The fraction of sp³-hybridized carbons (Fsp3) is 0.361. The molecule has 1 fully saturated rings. The van der Waals surface area contributed by atoms with Gasteiger partial charge in [-0.05, 0) is 60.4 Å². The predicted octanol–water partition coefficient (Wildman–Crippen LogP) is 5.58. The molecular weight excluding hydrogens is 536 g/mol. The quantitative estimate of drug-likeness (QED) is 0.324. The number of amides is 2. The van der Waals surface area contributed by atoms with Gasteiger partial charge in [-0.25, -0.2) is 0 Å². The number of hydrogen-bond acceptors (Lipinski definition) is 5. The summed E-state index contributed by atoms with van der Waals surface area (Å²) in [6.07, 6.45) is 5.06. The molecular formula is C36H40N4O3. The van der Waals surface area contributed by atoms with Crippen LogP contribution < -0.4 is 10.1 Å². The van der Waals surface area contributed by atoms with Crippen molar-refractivity contribution < 1.29 is 14.3 Å². The summed E-state index contributed by atoms with van der Waals surface area (Å²) in [6.45, 7) is 4.06. The summed E-state index contributed by atoms with van der Waals surface area (Å²) in [5.41, 5.74) is 4.22. The van der Waals surface area contributed by atoms with Gasteiger partial charge in [-0.1, -0.05) is 66.7 Å². The molecule has 0 radical (unpaired) electrons. The number of carbonyl (C=O) groups excluding carboxylic acids is 2. The summed E-state index contributed by atoms with van der Waals surface area (Å²) in [5, 5.41) is 4.20. The maximum absolute atomic E-state index is 13.8. The summed E-state index contributed by atoms with van der Waals surface area (Å²) in [5.74, 6) is 1.60. The maximum Gasteiger partial charge on any atom is 0.236 e. The van der Waals surface area contributed by atoms with Crippen molar-refractivity contribution in [3.8, 4) is 5.75 Å². The molecule has 7 heteroatoms. The van der Waals surface area contributed by atoms with Crippen LogP contribution in [-0.4, -0.2) is 52.8 Å². The molecule has 4 aromatic rings. The van der Waals surface area contributed by atoms with Crippen LogP contribution in [0.15, 0.2) is 91.1 Å². The third-order valence-electron chi connectivity index (χ3n) is 8.78. The molecule has 2 aliphatic heterocycles. The second-order valence-corrected chi connectivity index (χ2v) is 11.9. The lowest BCUT2D eigenvalue weighted by atomic mass is 9.80. The van der Waals surface area contributed by atoms with Gasteiger partial charge in [0.15, 0.2) is 0 Å². The van der Waals surface area contributed by atoms with Crippen molar-refractivity contribution in [1.29, 1.82) is 0 Å². The van der Waals surface area contributed by atoms with Crippen LogP contribution in [0.4, 0.5) is 0 Å². The lowest BCUT2D eigenvalue weighted by Gasteiger charge is -2.39. The van der Waals surface area contributed by atoms with Crippen molar-refractivity contribution >= 4 is 22.7 Å². The number of rotatable bonds is 6. The van der Waals surface area contributed by atoms with E-state index >= 15 is 0 Å². The van der Waals surface area contributed by atoms with Gasteiger partial charge in [0.1, 0.15) is 5.75 Å². The van der Waals surface area contributed by atoms with Gasteiger partial charge in [-0.2, -0.15) is 0 Å². The Kier molecular flexibility index (Phi) is 9.28. The monoisotopic (exact) mass is 576 g/mol. The van der Waals surface area contributed by atoms with E-state index < -0.39 is 0 Å². The van der Waals surface area contributed by atoms with Crippen LogP contribution in [0.1, 0.15) is 42.4 Å². The van der Waals surface area contributed by atoms with Crippen LogP contribution in [-0.2, 0) is 29.2 Å². The van der Waals surface area contributed by atoms with Gasteiger partial charge in [0.25, 0.3) is 0 Å². The third kappa shape index (κ3) is 7.59. The highest BCUT2D eigenvalue weighted by Crippen LogP contribution is 2.31. The highest BCUT2D eigenvalue weighted by atomic mass is 16.5. The molecule has 0 aliphatic carbocycles. The summed E-state index contributed by atoms with van der Waals surface area (Å²) >= 11 is 0. The molecule has 0 spiro atoms. The van der Waals surface area contributed by atoms with E-state index in [1.54, 1.807) is 0 Å². The third-order valence-corrected chi connectivity index (χ3v) is 8.78. The highest BCUT2D eigenvalue weighted by Gasteiger charge is 2.33. The zero-order valence-electron chi connectivity index (χ0n) is 24.7. The number of para-hydroxylation sites is 2. The lowest BCUT2D eigenvalue weighted by Crippen LogP contribution is -2.48. The Morgan fingerprint density at radius 1 is 0.930 bits per heavy atom. The fourth-order valence-corrected chi connectivity index (χ4v) is 6.47. The number of hydrogen-bond donors (Lipinski definition) is 1. The van der Waals surface area contributed by atoms with Crippen LogP contribution in [0.25, 0.3) is 10.9 Å². The van der Waals surface area contributed by atoms with Crippen molar-refractivity contribution in [2.45, 2.75) is 45.3 Å². The SMILES string of the molecule is O=C(C[C@@H]1CCN2C[C@@H]1CCCOc1ccccc1CN(Cc1cnc3ccccc3c1)CC2=O)NCc1ccccc1. The number of fused-ring (bicyclic) bond motifs is 4. The van der Waals surface area contributed by atoms with Crippen molar-refractivity contribution in [2.75, 3.05) is 26.2 Å². The molecule has 6 rings (SSSR count). The van der Waals surface area contributed by atoms with Gasteiger partial charge < -0.3 is 15.0 Å². The van der Waals surface area contributed by atoms with E-state index in [4.69, 9.17) is 4.74 Å². The standard InChI is InChI=1S/C36H40N4O3/c41-35(38-21-27-9-2-1-3-10-27)20-29-16-17-40-25-31(29)13-8-18-43-34-15-7-5-12-32(34)24-39(26-36(40)42)23-28-19-30-11-4-6-14-33(30)37-22-28/h1-7,9-12,14-15,19,22,29,31H,8,13,16-18,20-21,23-26H2,(H,38,41)/t29-,31-/m0/s1. The zero-order valence-corrected chi connectivity index (χ0v) is 24.7. The molecule has 2 amide bonds. The number of carbonyl (C=O) groups is 2. The molecule has 3 aromatic carbocycles. The van der Waals surface area contributed by atoms with Crippen LogP contribution in [0.5, 0.6) is 5.75 Å². The molecule has 3 heterocycles. The van der Waals surface area contributed by atoms with Gasteiger partial charge in [0.2, 0.25) is 11.8 Å². The van der Waals surface area contributed by atoms with Gasteiger partial charge in [0, 0.05) is 56.3 Å². The predicted molar refractivity (Wildman–Crippen MR) is 168 cm³/mol. The average Bonchev–Trinajstić information content (AvgIpc) is 3.04. The van der Waals surface area contributed by atoms with Gasteiger partial charge in [0.05, 0.1) is 18.7 Å². The van der Waals surface area contributed by atoms with Gasteiger partial charge in [-0.3, -0.25) is 19.5 Å². The number of benzene rings is 3. The first-order valence-electron chi connectivity index (χ1n) is 15.5. The maximum atomic E-state index is 13.8. The van der Waals surface area contributed by atoms with E-state index in [9.17, 15) is 9.59 Å². The van der Waals surface area contributed by atoms with Crippen molar-refractivity contribution in [2.24, 2.45) is 11.8 Å². The minimum Gasteiger partial charge on any atom is -0.493 e. The molecule has 1 N–H and O–H groups in total. The Balaban J connectivity index is 1.17.